The number of aromatic nitrogens is 2. The first-order valence-corrected chi connectivity index (χ1v) is 13.2. The van der Waals surface area contributed by atoms with Gasteiger partial charge in [-0.2, -0.15) is 0 Å². The predicted molar refractivity (Wildman–Crippen MR) is 142 cm³/mol. The number of pyridine rings is 1. The van der Waals surface area contributed by atoms with Crippen LogP contribution in [0.15, 0.2) is 67.0 Å². The lowest BCUT2D eigenvalue weighted by Gasteiger charge is -2.34. The Morgan fingerprint density at radius 2 is 1.76 bits per heavy atom. The van der Waals surface area contributed by atoms with Crippen molar-refractivity contribution in [1.82, 2.24) is 25.1 Å². The van der Waals surface area contributed by atoms with Crippen molar-refractivity contribution in [2.45, 2.75) is 37.8 Å². The van der Waals surface area contributed by atoms with Crippen molar-refractivity contribution in [2.24, 2.45) is 0 Å². The highest BCUT2D eigenvalue weighted by Gasteiger charge is 2.34. The molecule has 8 nitrogen and oxygen atoms in total. The van der Waals surface area contributed by atoms with Crippen molar-refractivity contribution in [1.29, 1.82) is 0 Å². The lowest BCUT2D eigenvalue weighted by Crippen LogP contribution is -2.49. The second-order valence-corrected chi connectivity index (χ2v) is 9.78. The van der Waals surface area contributed by atoms with E-state index in [0.717, 1.165) is 55.6 Å². The van der Waals surface area contributed by atoms with Crippen LogP contribution in [-0.2, 0) is 9.53 Å². The van der Waals surface area contributed by atoms with Gasteiger partial charge in [0.2, 0.25) is 5.91 Å². The molecule has 1 saturated heterocycles. The topological polar surface area (TPSA) is 90.6 Å². The SMILES string of the molecule is O=C(NC1CCCC1)C(c1ccncc1)N(CCN1CCOCC1)C(=O)c1ccc(-c2ccccc2)[nH]1. The average molecular weight is 502 g/mol. The minimum absolute atomic E-state index is 0.136. The summed E-state index contributed by atoms with van der Waals surface area (Å²) >= 11 is 0. The minimum Gasteiger partial charge on any atom is -0.379 e. The highest BCUT2D eigenvalue weighted by atomic mass is 16.5. The predicted octanol–water partition coefficient (Wildman–Crippen LogP) is 3.65. The van der Waals surface area contributed by atoms with Gasteiger partial charge in [-0.25, -0.2) is 0 Å². The van der Waals surface area contributed by atoms with Crippen molar-refractivity contribution in [3.63, 3.8) is 0 Å². The van der Waals surface area contributed by atoms with Gasteiger partial charge >= 0.3 is 0 Å². The van der Waals surface area contributed by atoms with Gasteiger partial charge in [-0.3, -0.25) is 19.5 Å². The van der Waals surface area contributed by atoms with Gasteiger partial charge < -0.3 is 19.9 Å². The molecule has 1 saturated carbocycles. The fourth-order valence-electron chi connectivity index (χ4n) is 5.25. The second kappa shape index (κ2) is 12.2. The Morgan fingerprint density at radius 3 is 2.49 bits per heavy atom. The first-order valence-electron chi connectivity index (χ1n) is 13.2. The van der Waals surface area contributed by atoms with Gasteiger partial charge in [0, 0.05) is 50.3 Å². The summed E-state index contributed by atoms with van der Waals surface area (Å²) < 4.78 is 5.50. The summed E-state index contributed by atoms with van der Waals surface area (Å²) in [6.07, 6.45) is 7.56. The van der Waals surface area contributed by atoms with E-state index in [0.29, 0.717) is 32.0 Å². The lowest BCUT2D eigenvalue weighted by molar-refractivity contribution is -0.126. The van der Waals surface area contributed by atoms with E-state index < -0.39 is 6.04 Å². The van der Waals surface area contributed by atoms with Gasteiger partial charge in [0.1, 0.15) is 11.7 Å². The van der Waals surface area contributed by atoms with E-state index in [1.54, 1.807) is 17.3 Å². The Balaban J connectivity index is 1.45. The molecule has 194 valence electrons. The number of ether oxygens (including phenoxy) is 1. The van der Waals surface area contributed by atoms with E-state index in [4.69, 9.17) is 4.74 Å². The average Bonchev–Trinajstić information content (AvgIpc) is 3.65. The Hall–Kier alpha value is -3.49. The van der Waals surface area contributed by atoms with E-state index in [1.807, 2.05) is 54.6 Å². The molecule has 1 aromatic carbocycles. The summed E-state index contributed by atoms with van der Waals surface area (Å²) in [4.78, 5) is 39.3. The normalized spacial score (nSPS) is 17.4. The Labute approximate surface area is 218 Å². The zero-order chi connectivity index (χ0) is 25.5. The quantitative estimate of drug-likeness (QED) is 0.467. The maximum Gasteiger partial charge on any atom is 0.271 e. The van der Waals surface area contributed by atoms with E-state index in [1.165, 1.54) is 0 Å². The summed E-state index contributed by atoms with van der Waals surface area (Å²) in [5.41, 5.74) is 3.10. The molecule has 2 amide bonds. The van der Waals surface area contributed by atoms with Crippen LogP contribution in [0.3, 0.4) is 0 Å². The molecule has 8 heteroatoms. The molecule has 5 rings (SSSR count). The van der Waals surface area contributed by atoms with E-state index in [-0.39, 0.29) is 17.9 Å². The number of rotatable bonds is 9. The molecule has 2 aromatic heterocycles. The number of carbonyl (C=O) groups excluding carboxylic acids is 2. The van der Waals surface area contributed by atoms with Gasteiger partial charge in [-0.05, 0) is 48.2 Å². The van der Waals surface area contributed by atoms with E-state index >= 15 is 0 Å². The summed E-state index contributed by atoms with van der Waals surface area (Å²) in [7, 11) is 0. The molecular weight excluding hydrogens is 466 g/mol. The molecule has 0 radical (unpaired) electrons. The first-order chi connectivity index (χ1) is 18.2. The smallest absolute Gasteiger partial charge is 0.271 e. The Kier molecular flexibility index (Phi) is 8.28. The number of nitrogens with zero attached hydrogens (tertiary/aromatic N) is 3. The van der Waals surface area contributed by atoms with Crippen molar-refractivity contribution in [3.05, 3.63) is 78.2 Å². The molecule has 1 aliphatic carbocycles. The third-order valence-corrected chi connectivity index (χ3v) is 7.31. The largest absolute Gasteiger partial charge is 0.379 e. The molecular formula is C29H35N5O3. The molecule has 1 unspecified atom stereocenters. The summed E-state index contributed by atoms with van der Waals surface area (Å²) in [5.74, 6) is -0.331. The van der Waals surface area contributed by atoms with Crippen molar-refractivity contribution in [2.75, 3.05) is 39.4 Å². The molecule has 1 atom stereocenters. The zero-order valence-corrected chi connectivity index (χ0v) is 21.1. The van der Waals surface area contributed by atoms with Crippen LogP contribution in [0.2, 0.25) is 0 Å². The monoisotopic (exact) mass is 501 g/mol. The minimum atomic E-state index is -0.749. The van der Waals surface area contributed by atoms with Gasteiger partial charge in [0.15, 0.2) is 0 Å². The number of benzene rings is 1. The second-order valence-electron chi connectivity index (χ2n) is 9.78. The van der Waals surface area contributed by atoms with Gasteiger partial charge in [-0.1, -0.05) is 43.2 Å². The summed E-state index contributed by atoms with van der Waals surface area (Å²) in [6.45, 7) is 4.08. The third kappa shape index (κ3) is 6.26. The van der Waals surface area contributed by atoms with Gasteiger partial charge in [-0.15, -0.1) is 0 Å². The first kappa shape index (κ1) is 25.2. The van der Waals surface area contributed by atoms with Crippen LogP contribution in [-0.4, -0.2) is 77.0 Å². The molecule has 2 fully saturated rings. The number of H-pyrrole nitrogens is 1. The number of morpholine rings is 1. The molecule has 0 bridgehead atoms. The van der Waals surface area contributed by atoms with Crippen LogP contribution >= 0.6 is 0 Å². The molecule has 1 aliphatic heterocycles. The van der Waals surface area contributed by atoms with Gasteiger partial charge in [0.25, 0.3) is 5.91 Å². The van der Waals surface area contributed by atoms with Crippen molar-refractivity contribution < 1.29 is 14.3 Å². The molecule has 2 N–H and O–H groups in total. The fourth-order valence-corrected chi connectivity index (χ4v) is 5.25. The van der Waals surface area contributed by atoms with Crippen LogP contribution in [0.1, 0.15) is 47.8 Å². The standard InChI is InChI=1S/C29H35N5O3/c35-28(31-24-8-4-5-9-24)27(23-12-14-30-15-13-23)34(17-16-33-18-20-37-21-19-33)29(36)26-11-10-25(32-26)22-6-2-1-3-7-22/h1-3,6-7,10-15,24,27,32H,4-5,8-9,16-21H2,(H,31,35). The maximum absolute atomic E-state index is 14.1. The molecule has 0 spiro atoms. The third-order valence-electron chi connectivity index (χ3n) is 7.31. The highest BCUT2D eigenvalue weighted by molar-refractivity contribution is 5.97. The van der Waals surface area contributed by atoms with E-state index in [9.17, 15) is 9.59 Å². The molecule has 3 aromatic rings. The number of hydrogen-bond donors (Lipinski definition) is 2. The van der Waals surface area contributed by atoms with Crippen molar-refractivity contribution in [3.8, 4) is 11.3 Å². The van der Waals surface area contributed by atoms with E-state index in [2.05, 4.69) is 20.2 Å². The number of amides is 2. The number of carbonyl (C=O) groups is 2. The fraction of sp³-hybridized carbons (Fsp3) is 0.414. The molecule has 3 heterocycles. The van der Waals surface area contributed by atoms with Gasteiger partial charge in [0.05, 0.1) is 13.2 Å². The maximum atomic E-state index is 14.1. The van der Waals surface area contributed by atoms with Crippen LogP contribution in [0, 0.1) is 0 Å². The van der Waals surface area contributed by atoms with Crippen LogP contribution < -0.4 is 5.32 Å². The van der Waals surface area contributed by atoms with Crippen LogP contribution in [0.4, 0.5) is 0 Å². The number of aromatic amines is 1. The molecule has 37 heavy (non-hydrogen) atoms. The van der Waals surface area contributed by atoms with Crippen LogP contribution in [0.25, 0.3) is 11.3 Å². The van der Waals surface area contributed by atoms with Crippen molar-refractivity contribution >= 4 is 11.8 Å². The lowest BCUT2D eigenvalue weighted by atomic mass is 10.0. The number of hydrogen-bond acceptors (Lipinski definition) is 5. The molecule has 2 aliphatic rings. The Morgan fingerprint density at radius 1 is 1.03 bits per heavy atom. The van der Waals surface area contributed by atoms with Crippen LogP contribution in [0.5, 0.6) is 0 Å². The highest BCUT2D eigenvalue weighted by Crippen LogP contribution is 2.26. The Bertz CT molecular complexity index is 1150. The summed E-state index contributed by atoms with van der Waals surface area (Å²) in [6, 6.07) is 16.7. The zero-order valence-electron chi connectivity index (χ0n) is 21.1. The summed E-state index contributed by atoms with van der Waals surface area (Å²) in [5, 5.41) is 3.24. The number of nitrogens with one attached hydrogen (secondary N) is 2.